The van der Waals surface area contributed by atoms with Gasteiger partial charge in [-0.3, -0.25) is 9.69 Å². The van der Waals surface area contributed by atoms with Crippen molar-refractivity contribution in [1.29, 1.82) is 0 Å². The Balaban J connectivity index is 2.35. The van der Waals surface area contributed by atoms with Crippen LogP contribution < -0.4 is 14.4 Å². The first-order valence-corrected chi connectivity index (χ1v) is 12.0. The summed E-state index contributed by atoms with van der Waals surface area (Å²) in [5, 5.41) is 9.26. The van der Waals surface area contributed by atoms with Crippen LogP contribution in [0.5, 0.6) is 11.5 Å². The number of aliphatic hydroxyl groups is 1. The first-order chi connectivity index (χ1) is 18.7. The molecule has 40 heavy (non-hydrogen) atoms. The number of ether oxygens (including phenoxy) is 4. The van der Waals surface area contributed by atoms with E-state index in [0.717, 1.165) is 0 Å². The van der Waals surface area contributed by atoms with Gasteiger partial charge < -0.3 is 24.1 Å². The number of hydrogen-bond acceptors (Lipinski definition) is 7. The summed E-state index contributed by atoms with van der Waals surface area (Å²) in [6.45, 7) is 2.00. The number of carbonyl (C=O) groups excluding carboxylic acids is 2. The van der Waals surface area contributed by atoms with Crippen LogP contribution in [0.3, 0.4) is 0 Å². The number of amides is 1. The van der Waals surface area contributed by atoms with E-state index in [9.17, 15) is 41.0 Å². The highest BCUT2D eigenvalue weighted by atomic mass is 19.4. The van der Waals surface area contributed by atoms with Crippen molar-refractivity contribution in [3.05, 3.63) is 52.6 Å². The van der Waals surface area contributed by atoms with Crippen LogP contribution in [-0.4, -0.2) is 50.8 Å². The van der Waals surface area contributed by atoms with Gasteiger partial charge in [0.2, 0.25) is 0 Å². The van der Waals surface area contributed by atoms with Gasteiger partial charge in [0.15, 0.2) is 18.3 Å². The molecule has 8 nitrogen and oxygen atoms in total. The fourth-order valence-corrected chi connectivity index (χ4v) is 4.86. The van der Waals surface area contributed by atoms with Crippen molar-refractivity contribution in [2.24, 2.45) is 0 Å². The second kappa shape index (κ2) is 11.8. The Labute approximate surface area is 225 Å². The standard InChI is InChI=1S/C26H27F6NO7/c1-5-39-24(36)33-13(2)6-18(17-10-20(37-3)21(38-4)11-19(17)33)22(23(35)40-12-34)14-7-15(25(27,28)29)9-16(8-14)26(30,31)32/h7-11,13,18,22,34H,5-6,12H2,1-4H3/t13-,18-,22-/m1/s1. The van der Waals surface area contributed by atoms with Crippen molar-refractivity contribution in [3.8, 4) is 11.5 Å². The molecule has 0 unspecified atom stereocenters. The van der Waals surface area contributed by atoms with Gasteiger partial charge in [-0.2, -0.15) is 26.3 Å². The number of alkyl halides is 6. The molecule has 0 saturated heterocycles. The molecule has 2 aromatic rings. The van der Waals surface area contributed by atoms with Gasteiger partial charge >= 0.3 is 24.4 Å². The molecule has 2 aromatic carbocycles. The lowest BCUT2D eigenvalue weighted by Crippen LogP contribution is -2.45. The first-order valence-electron chi connectivity index (χ1n) is 12.0. The van der Waals surface area contributed by atoms with E-state index < -0.39 is 65.8 Å². The summed E-state index contributed by atoms with van der Waals surface area (Å²) in [5.74, 6) is -3.86. The Morgan fingerprint density at radius 2 is 1.50 bits per heavy atom. The largest absolute Gasteiger partial charge is 0.493 e. The van der Waals surface area contributed by atoms with Gasteiger partial charge in [0.25, 0.3) is 0 Å². The van der Waals surface area contributed by atoms with Crippen molar-refractivity contribution in [3.63, 3.8) is 0 Å². The maximum absolute atomic E-state index is 13.7. The minimum absolute atomic E-state index is 0.0179. The molecular formula is C26H27F6NO7. The van der Waals surface area contributed by atoms with E-state index in [1.807, 2.05) is 0 Å². The highest BCUT2D eigenvalue weighted by molar-refractivity contribution is 5.92. The zero-order valence-electron chi connectivity index (χ0n) is 21.9. The third-order valence-corrected chi connectivity index (χ3v) is 6.52. The molecule has 1 aliphatic rings. The van der Waals surface area contributed by atoms with Crippen LogP contribution in [0.25, 0.3) is 0 Å². The molecule has 1 heterocycles. The summed E-state index contributed by atoms with van der Waals surface area (Å²) in [4.78, 5) is 27.3. The molecule has 14 heteroatoms. The molecule has 0 fully saturated rings. The summed E-state index contributed by atoms with van der Waals surface area (Å²) >= 11 is 0. The number of rotatable bonds is 7. The van der Waals surface area contributed by atoms with Crippen LogP contribution in [0.4, 0.5) is 36.8 Å². The van der Waals surface area contributed by atoms with E-state index in [1.165, 1.54) is 31.3 Å². The van der Waals surface area contributed by atoms with Crippen molar-refractivity contribution >= 4 is 17.7 Å². The lowest BCUT2D eigenvalue weighted by molar-refractivity contribution is -0.155. The lowest BCUT2D eigenvalue weighted by Gasteiger charge is -2.41. The molecule has 0 bridgehead atoms. The number of nitrogens with zero attached hydrogens (tertiary/aromatic N) is 1. The summed E-state index contributed by atoms with van der Waals surface area (Å²) in [6, 6.07) is 2.88. The number of carbonyl (C=O) groups is 2. The van der Waals surface area contributed by atoms with E-state index in [0.29, 0.717) is 12.1 Å². The highest BCUT2D eigenvalue weighted by Gasteiger charge is 2.45. The molecule has 1 aliphatic heterocycles. The number of anilines is 1. The SMILES string of the molecule is CCOC(=O)N1c2cc(OC)c(OC)cc2[C@H]([C@H](C(=O)OCO)c2cc(C(F)(F)F)cc(C(F)(F)F)c2)C[C@H]1C. The molecule has 0 saturated carbocycles. The van der Waals surface area contributed by atoms with Crippen molar-refractivity contribution < 1.29 is 60.0 Å². The number of benzene rings is 2. The fraction of sp³-hybridized carbons (Fsp3) is 0.462. The topological polar surface area (TPSA) is 94.5 Å². The van der Waals surface area contributed by atoms with Crippen LogP contribution >= 0.6 is 0 Å². The third kappa shape index (κ3) is 6.21. The zero-order valence-corrected chi connectivity index (χ0v) is 21.9. The van der Waals surface area contributed by atoms with E-state index >= 15 is 0 Å². The van der Waals surface area contributed by atoms with E-state index in [4.69, 9.17) is 18.9 Å². The second-order valence-electron chi connectivity index (χ2n) is 8.94. The molecule has 220 valence electrons. The first kappa shape index (κ1) is 30.9. The van der Waals surface area contributed by atoms with Gasteiger partial charge in [-0.05, 0) is 55.7 Å². The zero-order chi connectivity index (χ0) is 30.0. The molecule has 0 radical (unpaired) electrons. The molecule has 0 spiro atoms. The minimum Gasteiger partial charge on any atom is -0.493 e. The van der Waals surface area contributed by atoms with Gasteiger partial charge in [-0.1, -0.05) is 0 Å². The number of fused-ring (bicyclic) bond motifs is 1. The van der Waals surface area contributed by atoms with Crippen LogP contribution in [0.1, 0.15) is 54.4 Å². The Hall–Kier alpha value is -3.68. The molecule has 1 N–H and O–H groups in total. The summed E-state index contributed by atoms with van der Waals surface area (Å²) in [7, 11) is 2.62. The third-order valence-electron chi connectivity index (χ3n) is 6.52. The lowest BCUT2D eigenvalue weighted by atomic mass is 9.74. The molecule has 1 amide bonds. The summed E-state index contributed by atoms with van der Waals surface area (Å²) in [5.41, 5.74) is -3.56. The molecule has 0 aromatic heterocycles. The number of esters is 1. The Morgan fingerprint density at radius 1 is 0.950 bits per heavy atom. The predicted molar refractivity (Wildman–Crippen MR) is 128 cm³/mol. The second-order valence-corrected chi connectivity index (χ2v) is 8.94. The average molecular weight is 579 g/mol. The van der Waals surface area contributed by atoms with Crippen LogP contribution in [0.2, 0.25) is 0 Å². The number of hydrogen-bond donors (Lipinski definition) is 1. The summed E-state index contributed by atoms with van der Waals surface area (Å²) < 4.78 is 103. The van der Waals surface area contributed by atoms with Crippen molar-refractivity contribution in [2.45, 2.75) is 50.5 Å². The van der Waals surface area contributed by atoms with Gasteiger partial charge in [-0.25, -0.2) is 4.79 Å². The van der Waals surface area contributed by atoms with Gasteiger partial charge in [-0.15, -0.1) is 0 Å². The maximum Gasteiger partial charge on any atom is 0.416 e. The van der Waals surface area contributed by atoms with Gasteiger partial charge in [0, 0.05) is 18.0 Å². The minimum atomic E-state index is -5.17. The van der Waals surface area contributed by atoms with Crippen molar-refractivity contribution in [2.75, 3.05) is 32.5 Å². The van der Waals surface area contributed by atoms with Crippen LogP contribution in [0.15, 0.2) is 30.3 Å². The predicted octanol–water partition coefficient (Wildman–Crippen LogP) is 5.86. The Bertz CT molecular complexity index is 1220. The molecule has 0 aliphatic carbocycles. The van der Waals surface area contributed by atoms with E-state index in [1.54, 1.807) is 13.8 Å². The number of halogens is 6. The number of aliphatic hydroxyl groups excluding tert-OH is 1. The van der Waals surface area contributed by atoms with Gasteiger partial charge in [0.1, 0.15) is 0 Å². The van der Waals surface area contributed by atoms with E-state index in [-0.39, 0.29) is 41.8 Å². The van der Waals surface area contributed by atoms with Gasteiger partial charge in [0.05, 0.1) is 43.6 Å². The average Bonchev–Trinajstić information content (AvgIpc) is 2.87. The van der Waals surface area contributed by atoms with Crippen LogP contribution in [0, 0.1) is 0 Å². The monoisotopic (exact) mass is 579 g/mol. The Morgan fingerprint density at radius 3 is 1.98 bits per heavy atom. The normalized spacial score (nSPS) is 18.0. The summed E-state index contributed by atoms with van der Waals surface area (Å²) in [6.07, 6.45) is -11.2. The highest BCUT2D eigenvalue weighted by Crippen LogP contribution is 2.51. The molecule has 3 rings (SSSR count). The Kier molecular flexibility index (Phi) is 9.12. The molecular weight excluding hydrogens is 552 g/mol. The van der Waals surface area contributed by atoms with Crippen LogP contribution in [-0.2, 0) is 26.6 Å². The fourth-order valence-electron chi connectivity index (χ4n) is 4.86. The quantitative estimate of drug-likeness (QED) is 0.250. The van der Waals surface area contributed by atoms with E-state index in [2.05, 4.69) is 0 Å². The van der Waals surface area contributed by atoms with Crippen molar-refractivity contribution in [1.82, 2.24) is 0 Å². The smallest absolute Gasteiger partial charge is 0.416 e. The number of methoxy groups -OCH3 is 2. The maximum atomic E-state index is 13.7. The molecule has 3 atom stereocenters.